The number of pyridine rings is 1. The van der Waals surface area contributed by atoms with E-state index in [0.717, 1.165) is 5.56 Å². The minimum absolute atomic E-state index is 0.469. The van der Waals surface area contributed by atoms with Gasteiger partial charge in [-0.25, -0.2) is 4.98 Å². The second-order valence-corrected chi connectivity index (χ2v) is 3.30. The molecule has 0 fully saturated rings. The Balaban J connectivity index is 3.05. The SMILES string of the molecule is COc1ncc(C(C)C)cc1CN. The summed E-state index contributed by atoms with van der Waals surface area (Å²) in [5.41, 5.74) is 7.74. The molecule has 1 aromatic heterocycles. The molecule has 0 bridgehead atoms. The van der Waals surface area contributed by atoms with Gasteiger partial charge in [0.2, 0.25) is 5.88 Å². The van der Waals surface area contributed by atoms with E-state index in [9.17, 15) is 0 Å². The van der Waals surface area contributed by atoms with Crippen LogP contribution in [0.2, 0.25) is 0 Å². The molecule has 1 heterocycles. The van der Waals surface area contributed by atoms with Crippen molar-refractivity contribution in [3.05, 3.63) is 23.4 Å². The summed E-state index contributed by atoms with van der Waals surface area (Å²) in [7, 11) is 1.61. The van der Waals surface area contributed by atoms with Crippen LogP contribution in [0.3, 0.4) is 0 Å². The van der Waals surface area contributed by atoms with Gasteiger partial charge in [0.25, 0.3) is 0 Å². The van der Waals surface area contributed by atoms with E-state index in [1.54, 1.807) is 7.11 Å². The summed E-state index contributed by atoms with van der Waals surface area (Å²) in [6, 6.07) is 2.05. The molecule has 3 nitrogen and oxygen atoms in total. The van der Waals surface area contributed by atoms with Gasteiger partial charge in [-0.3, -0.25) is 0 Å². The molecule has 0 radical (unpaired) electrons. The lowest BCUT2D eigenvalue weighted by atomic mass is 10.0. The Labute approximate surface area is 78.9 Å². The number of hydrogen-bond donors (Lipinski definition) is 1. The van der Waals surface area contributed by atoms with Gasteiger partial charge in [0, 0.05) is 18.3 Å². The maximum Gasteiger partial charge on any atom is 0.217 e. The van der Waals surface area contributed by atoms with Crippen molar-refractivity contribution in [2.75, 3.05) is 7.11 Å². The lowest BCUT2D eigenvalue weighted by Crippen LogP contribution is -2.03. The molecule has 0 saturated heterocycles. The summed E-state index contributed by atoms with van der Waals surface area (Å²) in [4.78, 5) is 4.19. The van der Waals surface area contributed by atoms with Crippen molar-refractivity contribution in [2.45, 2.75) is 26.3 Å². The van der Waals surface area contributed by atoms with Crippen LogP contribution in [-0.4, -0.2) is 12.1 Å². The molecule has 0 spiro atoms. The molecule has 0 amide bonds. The van der Waals surface area contributed by atoms with Crippen molar-refractivity contribution < 1.29 is 4.74 Å². The molecule has 0 unspecified atom stereocenters. The summed E-state index contributed by atoms with van der Waals surface area (Å²) in [6.07, 6.45) is 1.84. The third-order valence-electron chi connectivity index (χ3n) is 2.03. The third-order valence-corrected chi connectivity index (χ3v) is 2.03. The number of aromatic nitrogens is 1. The fraction of sp³-hybridized carbons (Fsp3) is 0.500. The number of hydrogen-bond acceptors (Lipinski definition) is 3. The van der Waals surface area contributed by atoms with E-state index in [0.29, 0.717) is 18.3 Å². The molecular formula is C10H16N2O. The van der Waals surface area contributed by atoms with Crippen LogP contribution in [0.5, 0.6) is 5.88 Å². The van der Waals surface area contributed by atoms with Gasteiger partial charge in [-0.2, -0.15) is 0 Å². The molecule has 13 heavy (non-hydrogen) atoms. The summed E-state index contributed by atoms with van der Waals surface area (Å²) < 4.78 is 5.08. The van der Waals surface area contributed by atoms with E-state index < -0.39 is 0 Å². The van der Waals surface area contributed by atoms with Crippen LogP contribution in [0, 0.1) is 0 Å². The van der Waals surface area contributed by atoms with E-state index in [-0.39, 0.29) is 0 Å². The van der Waals surface area contributed by atoms with Crippen LogP contribution in [0.1, 0.15) is 30.9 Å². The molecule has 0 aliphatic rings. The summed E-state index contributed by atoms with van der Waals surface area (Å²) in [6.45, 7) is 4.73. The van der Waals surface area contributed by atoms with E-state index in [1.807, 2.05) is 6.20 Å². The van der Waals surface area contributed by atoms with Crippen LogP contribution in [-0.2, 0) is 6.54 Å². The standard InChI is InChI=1S/C10H16N2O/c1-7(2)9-4-8(5-11)10(13-3)12-6-9/h4,6-7H,5,11H2,1-3H3. The fourth-order valence-electron chi connectivity index (χ4n) is 1.16. The van der Waals surface area contributed by atoms with Crippen LogP contribution in [0.15, 0.2) is 12.3 Å². The average molecular weight is 180 g/mol. The fourth-order valence-corrected chi connectivity index (χ4v) is 1.16. The Morgan fingerprint density at radius 1 is 1.54 bits per heavy atom. The zero-order valence-corrected chi connectivity index (χ0v) is 8.37. The second kappa shape index (κ2) is 4.23. The molecule has 0 saturated carbocycles. The smallest absolute Gasteiger partial charge is 0.217 e. The Bertz CT molecular complexity index is 284. The third kappa shape index (κ3) is 2.18. The Morgan fingerprint density at radius 2 is 2.23 bits per heavy atom. The van der Waals surface area contributed by atoms with E-state index in [2.05, 4.69) is 24.9 Å². The zero-order valence-electron chi connectivity index (χ0n) is 8.37. The minimum Gasteiger partial charge on any atom is -0.481 e. The highest BCUT2D eigenvalue weighted by Gasteiger charge is 2.06. The Hall–Kier alpha value is -1.09. The number of nitrogens with zero attached hydrogens (tertiary/aromatic N) is 1. The van der Waals surface area contributed by atoms with Crippen molar-refractivity contribution in [1.82, 2.24) is 4.98 Å². The minimum atomic E-state index is 0.469. The van der Waals surface area contributed by atoms with Gasteiger partial charge >= 0.3 is 0 Å². The molecule has 2 N–H and O–H groups in total. The summed E-state index contributed by atoms with van der Waals surface area (Å²) in [5.74, 6) is 1.11. The van der Waals surface area contributed by atoms with Gasteiger partial charge in [-0.1, -0.05) is 13.8 Å². The van der Waals surface area contributed by atoms with Crippen molar-refractivity contribution in [1.29, 1.82) is 0 Å². The maximum absolute atomic E-state index is 5.58. The predicted molar refractivity (Wildman–Crippen MR) is 52.8 cm³/mol. The number of rotatable bonds is 3. The zero-order chi connectivity index (χ0) is 9.84. The van der Waals surface area contributed by atoms with Gasteiger partial charge < -0.3 is 10.5 Å². The Kier molecular flexibility index (Phi) is 3.25. The predicted octanol–water partition coefficient (Wildman–Crippen LogP) is 1.67. The molecule has 0 aliphatic heterocycles. The van der Waals surface area contributed by atoms with E-state index in [1.165, 1.54) is 5.56 Å². The number of methoxy groups -OCH3 is 1. The molecule has 0 atom stereocenters. The van der Waals surface area contributed by atoms with Crippen LogP contribution >= 0.6 is 0 Å². The van der Waals surface area contributed by atoms with E-state index in [4.69, 9.17) is 10.5 Å². The van der Waals surface area contributed by atoms with Gasteiger partial charge in [0.1, 0.15) is 0 Å². The summed E-state index contributed by atoms with van der Waals surface area (Å²) >= 11 is 0. The van der Waals surface area contributed by atoms with Gasteiger partial charge in [-0.15, -0.1) is 0 Å². The first-order chi connectivity index (χ1) is 6.19. The van der Waals surface area contributed by atoms with Crippen LogP contribution in [0.4, 0.5) is 0 Å². The monoisotopic (exact) mass is 180 g/mol. The van der Waals surface area contributed by atoms with Crippen molar-refractivity contribution >= 4 is 0 Å². The van der Waals surface area contributed by atoms with Gasteiger partial charge in [0.05, 0.1) is 7.11 Å². The van der Waals surface area contributed by atoms with Crippen LogP contribution < -0.4 is 10.5 Å². The summed E-state index contributed by atoms with van der Waals surface area (Å²) in [5, 5.41) is 0. The highest BCUT2D eigenvalue weighted by Crippen LogP contribution is 2.20. The lowest BCUT2D eigenvalue weighted by Gasteiger charge is -2.09. The Morgan fingerprint density at radius 3 is 2.69 bits per heavy atom. The number of ether oxygens (including phenoxy) is 1. The lowest BCUT2D eigenvalue weighted by molar-refractivity contribution is 0.392. The first kappa shape index (κ1) is 9.99. The average Bonchev–Trinajstić information content (AvgIpc) is 2.16. The largest absolute Gasteiger partial charge is 0.481 e. The van der Waals surface area contributed by atoms with Gasteiger partial charge in [0.15, 0.2) is 0 Å². The highest BCUT2D eigenvalue weighted by molar-refractivity contribution is 5.31. The molecule has 3 heteroatoms. The molecule has 0 aliphatic carbocycles. The molecular weight excluding hydrogens is 164 g/mol. The van der Waals surface area contributed by atoms with Crippen LogP contribution in [0.25, 0.3) is 0 Å². The van der Waals surface area contributed by atoms with E-state index >= 15 is 0 Å². The second-order valence-electron chi connectivity index (χ2n) is 3.30. The molecule has 0 aromatic carbocycles. The highest BCUT2D eigenvalue weighted by atomic mass is 16.5. The van der Waals surface area contributed by atoms with Crippen molar-refractivity contribution in [2.24, 2.45) is 5.73 Å². The first-order valence-electron chi connectivity index (χ1n) is 4.42. The number of nitrogens with two attached hydrogens (primary N) is 1. The molecule has 1 rings (SSSR count). The topological polar surface area (TPSA) is 48.1 Å². The normalized spacial score (nSPS) is 10.5. The first-order valence-corrected chi connectivity index (χ1v) is 4.42. The molecule has 72 valence electrons. The maximum atomic E-state index is 5.58. The van der Waals surface area contributed by atoms with Crippen molar-refractivity contribution in [3.63, 3.8) is 0 Å². The van der Waals surface area contributed by atoms with Gasteiger partial charge in [-0.05, 0) is 17.5 Å². The molecule has 1 aromatic rings. The van der Waals surface area contributed by atoms with Crippen molar-refractivity contribution in [3.8, 4) is 5.88 Å². The quantitative estimate of drug-likeness (QED) is 0.769.